The lowest BCUT2D eigenvalue weighted by molar-refractivity contribution is -0.0959. The van der Waals surface area contributed by atoms with Gasteiger partial charge in [-0.2, -0.15) is 11.8 Å². The summed E-state index contributed by atoms with van der Waals surface area (Å²) in [6.07, 6.45) is 4.94. The summed E-state index contributed by atoms with van der Waals surface area (Å²) in [6.45, 7) is 0.814. The van der Waals surface area contributed by atoms with Crippen LogP contribution in [0.2, 0.25) is 0 Å². The average Bonchev–Trinajstić information content (AvgIpc) is 3.07. The van der Waals surface area contributed by atoms with Crippen molar-refractivity contribution in [2.45, 2.75) is 49.9 Å². The Kier molecular flexibility index (Phi) is 3.64. The summed E-state index contributed by atoms with van der Waals surface area (Å²) < 4.78 is 12.3. The Hall–Kier alpha value is -0.710. The van der Waals surface area contributed by atoms with E-state index < -0.39 is 0 Å². The number of thioether (sulfide) groups is 1. The molecule has 0 aromatic heterocycles. The van der Waals surface area contributed by atoms with Gasteiger partial charge in [0.05, 0.1) is 18.3 Å². The maximum atomic E-state index is 9.87. The molecule has 2 saturated heterocycles. The summed E-state index contributed by atoms with van der Waals surface area (Å²) >= 11 is 2.00. The van der Waals surface area contributed by atoms with Crippen LogP contribution in [0.5, 0.6) is 5.75 Å². The molecule has 114 valence electrons. The quantitative estimate of drug-likeness (QED) is 0.911. The van der Waals surface area contributed by atoms with Gasteiger partial charge in [-0.05, 0) is 48.3 Å². The van der Waals surface area contributed by atoms with Crippen molar-refractivity contribution in [3.8, 4) is 5.75 Å². The first-order valence-corrected chi connectivity index (χ1v) is 9.09. The Morgan fingerprint density at radius 1 is 1.33 bits per heavy atom. The van der Waals surface area contributed by atoms with Crippen molar-refractivity contribution >= 4 is 11.8 Å². The third-order valence-corrected chi connectivity index (χ3v) is 6.20. The van der Waals surface area contributed by atoms with Gasteiger partial charge in [-0.3, -0.25) is 0 Å². The van der Waals surface area contributed by atoms with E-state index in [1.807, 2.05) is 23.9 Å². The van der Waals surface area contributed by atoms with Crippen LogP contribution in [0.25, 0.3) is 0 Å². The van der Waals surface area contributed by atoms with Gasteiger partial charge in [0.1, 0.15) is 11.9 Å². The zero-order chi connectivity index (χ0) is 14.3. The summed E-state index contributed by atoms with van der Waals surface area (Å²) in [5, 5.41) is 9.87. The van der Waals surface area contributed by atoms with Crippen LogP contribution in [-0.2, 0) is 11.2 Å². The van der Waals surface area contributed by atoms with Crippen molar-refractivity contribution in [3.05, 3.63) is 29.3 Å². The van der Waals surface area contributed by atoms with Gasteiger partial charge in [-0.15, -0.1) is 0 Å². The molecular formula is C17H22O3S. The molecule has 2 heterocycles. The van der Waals surface area contributed by atoms with E-state index in [0.717, 1.165) is 55.8 Å². The molecule has 1 aromatic rings. The standard InChI is InChI=1S/C17H22O3S/c18-16-4-1-12-9-13(2-3-15(12)16)20-14-5-7-19-17(10-14)6-8-21-11-17/h2-3,9,14,16,18H,1,4-8,10-11H2/t14?,16-,17?/m0/s1. The lowest BCUT2D eigenvalue weighted by atomic mass is 9.91. The maximum absolute atomic E-state index is 9.87. The number of rotatable bonds is 2. The van der Waals surface area contributed by atoms with Gasteiger partial charge in [-0.25, -0.2) is 0 Å². The molecule has 4 rings (SSSR count). The van der Waals surface area contributed by atoms with Crippen LogP contribution in [0.3, 0.4) is 0 Å². The van der Waals surface area contributed by atoms with Crippen LogP contribution < -0.4 is 4.74 Å². The predicted molar refractivity (Wildman–Crippen MR) is 84.0 cm³/mol. The molecule has 3 aliphatic rings. The van der Waals surface area contributed by atoms with Crippen molar-refractivity contribution in [2.75, 3.05) is 18.1 Å². The second-order valence-electron chi connectivity index (χ2n) is 6.48. The molecule has 3 atom stereocenters. The lowest BCUT2D eigenvalue weighted by Gasteiger charge is -2.37. The van der Waals surface area contributed by atoms with Crippen molar-refractivity contribution in [1.29, 1.82) is 0 Å². The van der Waals surface area contributed by atoms with Crippen molar-refractivity contribution in [1.82, 2.24) is 0 Å². The Bertz CT molecular complexity index is 525. The zero-order valence-electron chi connectivity index (χ0n) is 12.2. The second-order valence-corrected chi connectivity index (χ2v) is 7.59. The molecule has 0 amide bonds. The van der Waals surface area contributed by atoms with E-state index in [2.05, 4.69) is 6.07 Å². The highest BCUT2D eigenvalue weighted by Crippen LogP contribution is 2.40. The summed E-state index contributed by atoms with van der Waals surface area (Å²) in [5.41, 5.74) is 2.40. The fourth-order valence-corrected chi connectivity index (χ4v) is 5.16. The van der Waals surface area contributed by atoms with Crippen molar-refractivity contribution < 1.29 is 14.6 Å². The first-order chi connectivity index (χ1) is 10.2. The van der Waals surface area contributed by atoms with E-state index in [1.54, 1.807) is 0 Å². The van der Waals surface area contributed by atoms with Crippen LogP contribution >= 0.6 is 11.8 Å². The number of ether oxygens (including phenoxy) is 2. The fraction of sp³-hybridized carbons (Fsp3) is 0.647. The van der Waals surface area contributed by atoms with Crippen LogP contribution in [0, 0.1) is 0 Å². The lowest BCUT2D eigenvalue weighted by Crippen LogP contribution is -2.43. The topological polar surface area (TPSA) is 38.7 Å². The third kappa shape index (κ3) is 2.69. The molecule has 1 N–H and O–H groups in total. The number of hydrogen-bond donors (Lipinski definition) is 1. The first kappa shape index (κ1) is 13.9. The summed E-state index contributed by atoms with van der Waals surface area (Å²) in [7, 11) is 0. The SMILES string of the molecule is O[C@H]1CCc2cc(OC3CCOC4(CCSC4)C3)ccc21. The number of aryl methyl sites for hydroxylation is 1. The predicted octanol–water partition coefficient (Wildman–Crippen LogP) is 3.10. The van der Waals surface area contributed by atoms with E-state index in [4.69, 9.17) is 9.47 Å². The molecule has 2 unspecified atom stereocenters. The Morgan fingerprint density at radius 2 is 2.29 bits per heavy atom. The Labute approximate surface area is 130 Å². The van der Waals surface area contributed by atoms with Gasteiger partial charge in [0.2, 0.25) is 0 Å². The molecule has 4 heteroatoms. The molecule has 0 saturated carbocycles. The van der Waals surface area contributed by atoms with Gasteiger partial charge in [0.15, 0.2) is 0 Å². The molecule has 0 bridgehead atoms. The van der Waals surface area contributed by atoms with Crippen LogP contribution in [-0.4, -0.2) is 34.9 Å². The molecule has 2 aliphatic heterocycles. The van der Waals surface area contributed by atoms with Crippen LogP contribution in [0.1, 0.15) is 42.9 Å². The van der Waals surface area contributed by atoms with Gasteiger partial charge < -0.3 is 14.6 Å². The summed E-state index contributed by atoms with van der Waals surface area (Å²) in [6, 6.07) is 6.17. The highest BCUT2D eigenvalue weighted by Gasteiger charge is 2.41. The molecule has 2 fully saturated rings. The molecule has 1 spiro atoms. The minimum absolute atomic E-state index is 0.0699. The summed E-state index contributed by atoms with van der Waals surface area (Å²) in [4.78, 5) is 0. The van der Waals surface area contributed by atoms with Gasteiger partial charge >= 0.3 is 0 Å². The molecule has 1 aliphatic carbocycles. The number of fused-ring (bicyclic) bond motifs is 1. The van der Waals surface area contributed by atoms with Gasteiger partial charge in [0.25, 0.3) is 0 Å². The van der Waals surface area contributed by atoms with Crippen molar-refractivity contribution in [2.24, 2.45) is 0 Å². The average molecular weight is 306 g/mol. The Balaban J connectivity index is 1.46. The molecule has 1 aromatic carbocycles. The highest BCUT2D eigenvalue weighted by atomic mass is 32.2. The van der Waals surface area contributed by atoms with Crippen LogP contribution in [0.4, 0.5) is 0 Å². The minimum atomic E-state index is -0.282. The molecule has 3 nitrogen and oxygen atoms in total. The summed E-state index contributed by atoms with van der Waals surface area (Å²) in [5.74, 6) is 3.28. The van der Waals surface area contributed by atoms with Crippen LogP contribution in [0.15, 0.2) is 18.2 Å². The third-order valence-electron chi connectivity index (χ3n) is 4.98. The van der Waals surface area contributed by atoms with E-state index in [9.17, 15) is 5.11 Å². The molecule has 0 radical (unpaired) electrons. The number of aliphatic hydroxyl groups is 1. The number of benzene rings is 1. The van der Waals surface area contributed by atoms with E-state index in [-0.39, 0.29) is 17.8 Å². The van der Waals surface area contributed by atoms with Crippen molar-refractivity contribution in [3.63, 3.8) is 0 Å². The minimum Gasteiger partial charge on any atom is -0.490 e. The first-order valence-electron chi connectivity index (χ1n) is 7.93. The molecule has 21 heavy (non-hydrogen) atoms. The molecular weight excluding hydrogens is 284 g/mol. The fourth-order valence-electron chi connectivity index (χ4n) is 3.78. The van der Waals surface area contributed by atoms with E-state index >= 15 is 0 Å². The smallest absolute Gasteiger partial charge is 0.120 e. The highest BCUT2D eigenvalue weighted by molar-refractivity contribution is 7.99. The monoisotopic (exact) mass is 306 g/mol. The van der Waals surface area contributed by atoms with Gasteiger partial charge in [-0.1, -0.05) is 6.07 Å². The van der Waals surface area contributed by atoms with E-state index in [1.165, 1.54) is 11.3 Å². The largest absolute Gasteiger partial charge is 0.490 e. The van der Waals surface area contributed by atoms with E-state index in [0.29, 0.717) is 0 Å². The Morgan fingerprint density at radius 3 is 3.14 bits per heavy atom. The normalized spacial score (nSPS) is 35.1. The zero-order valence-corrected chi connectivity index (χ0v) is 13.0. The number of hydrogen-bond acceptors (Lipinski definition) is 4. The van der Waals surface area contributed by atoms with Gasteiger partial charge in [0, 0.05) is 18.6 Å². The second kappa shape index (κ2) is 5.49. The maximum Gasteiger partial charge on any atom is 0.120 e. The number of aliphatic hydroxyl groups excluding tert-OH is 1.